The fourth-order valence-corrected chi connectivity index (χ4v) is 11.2. The lowest BCUT2D eigenvalue weighted by atomic mass is 9.70. The number of aromatic nitrogens is 3. The van der Waals surface area contributed by atoms with E-state index in [2.05, 4.69) is 236 Å². The summed E-state index contributed by atoms with van der Waals surface area (Å²) in [6, 6.07) is 81.5. The van der Waals surface area contributed by atoms with Crippen LogP contribution in [-0.4, -0.2) is 15.0 Å². The van der Waals surface area contributed by atoms with Gasteiger partial charge in [-0.15, -0.1) is 0 Å². The van der Waals surface area contributed by atoms with Crippen molar-refractivity contribution in [2.45, 2.75) is 18.8 Å². The standard InChI is InChI=1S/C65H46N4/c1-43-18-14-25-49(40-43)63-66-62(46-21-6-3-7-22-46)67-64(68-63)50-26-15-23-47(41-50)48-24-16-27-52(42-48)69(51-38-36-45(37-39-51)44-19-4-2-5-20-44)60-35-17-34-59-61(60)55-30-10-13-33-58(55)65(59)56-31-11-8-28-53(56)54-29-9-12-32-57(54)65/h2-39,41-43H,40H2,1H3. The molecule has 0 radical (unpaired) electrons. The number of fused-ring (bicyclic) bond motifs is 10. The van der Waals surface area contributed by atoms with E-state index in [9.17, 15) is 0 Å². The number of nitrogens with zero attached hydrogens (tertiary/aromatic N) is 4. The van der Waals surface area contributed by atoms with Gasteiger partial charge in [-0.2, -0.15) is 0 Å². The van der Waals surface area contributed by atoms with Gasteiger partial charge in [-0.1, -0.05) is 213 Å². The average Bonchev–Trinajstić information content (AvgIpc) is 3.90. The molecular weight excluding hydrogens is 837 g/mol. The first-order valence-corrected chi connectivity index (χ1v) is 23.9. The highest BCUT2D eigenvalue weighted by atomic mass is 15.1. The van der Waals surface area contributed by atoms with Crippen molar-refractivity contribution in [3.05, 3.63) is 271 Å². The average molecular weight is 883 g/mol. The second-order valence-electron chi connectivity index (χ2n) is 18.4. The molecule has 0 saturated heterocycles. The van der Waals surface area contributed by atoms with Crippen LogP contribution in [0.3, 0.4) is 0 Å². The van der Waals surface area contributed by atoms with E-state index in [-0.39, 0.29) is 0 Å². The lowest BCUT2D eigenvalue weighted by Gasteiger charge is -2.32. The molecule has 1 atom stereocenters. The highest BCUT2D eigenvalue weighted by Crippen LogP contribution is 2.64. The Balaban J connectivity index is 0.977. The van der Waals surface area contributed by atoms with Crippen LogP contribution < -0.4 is 4.90 Å². The van der Waals surface area contributed by atoms with E-state index in [1.54, 1.807) is 0 Å². The van der Waals surface area contributed by atoms with Gasteiger partial charge >= 0.3 is 0 Å². The van der Waals surface area contributed by atoms with Gasteiger partial charge in [0.15, 0.2) is 17.5 Å². The van der Waals surface area contributed by atoms with Crippen LogP contribution in [0.25, 0.3) is 72.9 Å². The van der Waals surface area contributed by atoms with Crippen molar-refractivity contribution < 1.29 is 0 Å². The van der Waals surface area contributed by atoms with E-state index < -0.39 is 5.41 Å². The zero-order chi connectivity index (χ0) is 45.9. The molecule has 3 aliphatic carbocycles. The smallest absolute Gasteiger partial charge is 0.164 e. The summed E-state index contributed by atoms with van der Waals surface area (Å²) in [5, 5.41) is 0. The Morgan fingerprint density at radius 3 is 1.61 bits per heavy atom. The van der Waals surface area contributed by atoms with Gasteiger partial charge in [0.2, 0.25) is 0 Å². The minimum absolute atomic E-state index is 0.409. The van der Waals surface area contributed by atoms with Crippen LogP contribution in [0.2, 0.25) is 0 Å². The molecule has 1 unspecified atom stereocenters. The zero-order valence-corrected chi connectivity index (χ0v) is 38.2. The lowest BCUT2D eigenvalue weighted by molar-refractivity contribution is 0.742. The van der Waals surface area contributed by atoms with Crippen molar-refractivity contribution in [3.63, 3.8) is 0 Å². The molecule has 0 N–H and O–H groups in total. The second-order valence-corrected chi connectivity index (χ2v) is 18.4. The molecule has 4 heteroatoms. The van der Waals surface area contributed by atoms with Crippen molar-refractivity contribution in [3.8, 4) is 67.3 Å². The number of benzene rings is 9. The fourth-order valence-electron chi connectivity index (χ4n) is 11.2. The Hall–Kier alpha value is -8.73. The van der Waals surface area contributed by atoms with Gasteiger partial charge in [0, 0.05) is 28.1 Å². The fraction of sp³-hybridized carbons (Fsp3) is 0.0615. The van der Waals surface area contributed by atoms with Crippen LogP contribution in [-0.2, 0) is 5.41 Å². The van der Waals surface area contributed by atoms with E-state index in [0.29, 0.717) is 17.6 Å². The van der Waals surface area contributed by atoms with Crippen LogP contribution in [0.1, 0.15) is 41.4 Å². The molecule has 4 nitrogen and oxygen atoms in total. The molecule has 0 bridgehead atoms. The van der Waals surface area contributed by atoms with Crippen LogP contribution in [0.15, 0.2) is 243 Å². The molecule has 69 heavy (non-hydrogen) atoms. The maximum Gasteiger partial charge on any atom is 0.164 e. The number of anilines is 3. The monoisotopic (exact) mass is 882 g/mol. The third kappa shape index (κ3) is 6.71. The number of hydrogen-bond donors (Lipinski definition) is 0. The van der Waals surface area contributed by atoms with E-state index in [1.807, 2.05) is 18.2 Å². The van der Waals surface area contributed by atoms with Crippen molar-refractivity contribution >= 4 is 22.6 Å². The molecule has 1 heterocycles. The molecule has 9 aromatic carbocycles. The Morgan fingerprint density at radius 1 is 0.406 bits per heavy atom. The van der Waals surface area contributed by atoms with Gasteiger partial charge in [-0.05, 0) is 116 Å². The summed E-state index contributed by atoms with van der Waals surface area (Å²) < 4.78 is 0. The molecule has 1 aromatic heterocycles. The lowest BCUT2D eigenvalue weighted by Crippen LogP contribution is -2.26. The van der Waals surface area contributed by atoms with Gasteiger partial charge in [0.1, 0.15) is 0 Å². The predicted octanol–water partition coefficient (Wildman–Crippen LogP) is 16.3. The van der Waals surface area contributed by atoms with Crippen molar-refractivity contribution in [1.29, 1.82) is 0 Å². The summed E-state index contributed by atoms with van der Waals surface area (Å²) in [4.78, 5) is 17.8. The number of hydrogen-bond acceptors (Lipinski definition) is 4. The topological polar surface area (TPSA) is 41.9 Å². The van der Waals surface area contributed by atoms with Crippen LogP contribution in [0, 0.1) is 5.92 Å². The van der Waals surface area contributed by atoms with Gasteiger partial charge in [0.05, 0.1) is 11.1 Å². The molecular formula is C65H46N4. The number of allylic oxidation sites excluding steroid dienone is 4. The molecule has 3 aliphatic rings. The van der Waals surface area contributed by atoms with Gasteiger partial charge in [-0.25, -0.2) is 15.0 Å². The zero-order valence-electron chi connectivity index (χ0n) is 38.2. The maximum absolute atomic E-state index is 5.15. The third-order valence-corrected chi connectivity index (χ3v) is 14.3. The van der Waals surface area contributed by atoms with Crippen molar-refractivity contribution in [2.75, 3.05) is 4.90 Å². The molecule has 0 saturated carbocycles. The quantitative estimate of drug-likeness (QED) is 0.152. The largest absolute Gasteiger partial charge is 0.310 e. The first-order chi connectivity index (χ1) is 34.1. The number of rotatable bonds is 8. The summed E-state index contributed by atoms with van der Waals surface area (Å²) in [7, 11) is 0. The second kappa shape index (κ2) is 16.6. The summed E-state index contributed by atoms with van der Waals surface area (Å²) in [6.07, 6.45) is 7.38. The molecule has 0 fully saturated rings. The highest BCUT2D eigenvalue weighted by Gasteiger charge is 2.52. The van der Waals surface area contributed by atoms with Crippen LogP contribution in [0.4, 0.5) is 17.1 Å². The Kier molecular flexibility index (Phi) is 9.72. The van der Waals surface area contributed by atoms with E-state index in [1.165, 1.54) is 55.6 Å². The summed E-state index contributed by atoms with van der Waals surface area (Å²) in [6.45, 7) is 2.23. The van der Waals surface area contributed by atoms with E-state index in [0.717, 1.165) is 57.1 Å². The molecule has 1 spiro atoms. The molecule has 0 amide bonds. The molecule has 326 valence electrons. The van der Waals surface area contributed by atoms with Crippen LogP contribution in [0.5, 0.6) is 0 Å². The predicted molar refractivity (Wildman–Crippen MR) is 283 cm³/mol. The van der Waals surface area contributed by atoms with Gasteiger partial charge in [0.25, 0.3) is 0 Å². The maximum atomic E-state index is 5.15. The summed E-state index contributed by atoms with van der Waals surface area (Å²) in [5.74, 6) is 2.46. The van der Waals surface area contributed by atoms with Crippen LogP contribution >= 0.6 is 0 Å². The third-order valence-electron chi connectivity index (χ3n) is 14.3. The van der Waals surface area contributed by atoms with Gasteiger partial charge < -0.3 is 4.90 Å². The minimum Gasteiger partial charge on any atom is -0.310 e. The van der Waals surface area contributed by atoms with Gasteiger partial charge in [-0.3, -0.25) is 0 Å². The minimum atomic E-state index is -0.460. The van der Waals surface area contributed by atoms with Crippen molar-refractivity contribution in [2.24, 2.45) is 5.92 Å². The van der Waals surface area contributed by atoms with E-state index >= 15 is 0 Å². The highest BCUT2D eigenvalue weighted by molar-refractivity contribution is 6.01. The van der Waals surface area contributed by atoms with Crippen molar-refractivity contribution in [1.82, 2.24) is 15.0 Å². The molecule has 0 aliphatic heterocycles. The first-order valence-electron chi connectivity index (χ1n) is 23.9. The molecule has 10 aromatic rings. The summed E-state index contributed by atoms with van der Waals surface area (Å²) >= 11 is 0. The molecule has 13 rings (SSSR count). The van der Waals surface area contributed by atoms with E-state index in [4.69, 9.17) is 15.0 Å². The SMILES string of the molecule is CC1C=CC=C(c2nc(-c3ccccc3)nc(-c3cccc(-c4cccc(N(c5ccc(-c6ccccc6)cc5)c5cccc6c5-c5ccccc5C65c6ccccc6-c6ccccc65)c4)c3)n2)C1. The summed E-state index contributed by atoms with van der Waals surface area (Å²) in [5.41, 5.74) is 20.7. The Labute approximate surface area is 403 Å². The Bertz CT molecular complexity index is 3620. The Morgan fingerprint density at radius 2 is 0.913 bits per heavy atom. The first kappa shape index (κ1) is 40.5. The normalized spacial score (nSPS) is 14.7.